The molecule has 6 nitrogen and oxygen atoms in total. The van der Waals surface area contributed by atoms with Gasteiger partial charge in [-0.25, -0.2) is 4.39 Å². The molecule has 0 radical (unpaired) electrons. The molecule has 2 heterocycles. The second kappa shape index (κ2) is 7.61. The zero-order valence-corrected chi connectivity index (χ0v) is 15.5. The Morgan fingerprint density at radius 3 is 2.79 bits per heavy atom. The van der Waals surface area contributed by atoms with Crippen LogP contribution in [0.3, 0.4) is 0 Å². The zero-order chi connectivity index (χ0) is 19.5. The van der Waals surface area contributed by atoms with E-state index in [1.807, 2.05) is 30.3 Å². The number of benzene rings is 2. The Labute approximate surface area is 163 Å². The number of nitrogens with one attached hydrogen (secondary N) is 1. The number of fused-ring (bicyclic) bond motifs is 1. The standard InChI is InChI=1S/C20H14FN3O3S/c1-26-14-4-2-3-12(9-14)23-19-11-16-20(28-19)18(7-8-22-16)27-17-6-5-13(24-25)10-15(17)21/h2-11,23H,1H3. The molecule has 0 aliphatic carbocycles. The van der Waals surface area contributed by atoms with E-state index in [1.54, 1.807) is 19.4 Å². The van der Waals surface area contributed by atoms with E-state index in [0.29, 0.717) is 5.75 Å². The van der Waals surface area contributed by atoms with Gasteiger partial charge in [-0.15, -0.1) is 16.2 Å². The first kappa shape index (κ1) is 17.9. The lowest BCUT2D eigenvalue weighted by molar-refractivity contribution is 0.415. The Balaban J connectivity index is 1.64. The average Bonchev–Trinajstić information content (AvgIpc) is 3.13. The summed E-state index contributed by atoms with van der Waals surface area (Å²) in [5.74, 6) is 0.570. The van der Waals surface area contributed by atoms with E-state index in [0.717, 1.165) is 32.7 Å². The molecule has 1 N–H and O–H groups in total. The fourth-order valence-corrected chi connectivity index (χ4v) is 3.63. The van der Waals surface area contributed by atoms with E-state index in [1.165, 1.54) is 23.5 Å². The van der Waals surface area contributed by atoms with Crippen LogP contribution in [0.5, 0.6) is 17.2 Å². The smallest absolute Gasteiger partial charge is 0.167 e. The van der Waals surface area contributed by atoms with Crippen molar-refractivity contribution >= 4 is 37.9 Å². The topological polar surface area (TPSA) is 72.8 Å². The molecule has 4 aromatic rings. The molecule has 4 rings (SSSR count). The summed E-state index contributed by atoms with van der Waals surface area (Å²) in [6.07, 6.45) is 1.60. The number of nitroso groups, excluding NO2 is 1. The van der Waals surface area contributed by atoms with E-state index >= 15 is 0 Å². The highest BCUT2D eigenvalue weighted by Gasteiger charge is 2.13. The minimum Gasteiger partial charge on any atom is -0.497 e. The SMILES string of the molecule is COc1cccc(Nc2cc3nccc(Oc4ccc(N=O)cc4F)c3s2)c1. The highest BCUT2D eigenvalue weighted by molar-refractivity contribution is 7.23. The molecule has 0 aliphatic heterocycles. The lowest BCUT2D eigenvalue weighted by Crippen LogP contribution is -1.88. The first-order valence-corrected chi connectivity index (χ1v) is 9.08. The molecule has 140 valence electrons. The molecular formula is C20H14FN3O3S. The average molecular weight is 395 g/mol. The lowest BCUT2D eigenvalue weighted by Gasteiger charge is -2.07. The van der Waals surface area contributed by atoms with Gasteiger partial charge in [0.1, 0.15) is 17.2 Å². The summed E-state index contributed by atoms with van der Waals surface area (Å²) < 4.78 is 25.9. The Kier molecular flexibility index (Phi) is 4.86. The molecule has 0 amide bonds. The summed E-state index contributed by atoms with van der Waals surface area (Å²) in [7, 11) is 1.61. The van der Waals surface area contributed by atoms with Crippen LogP contribution in [0.4, 0.5) is 20.8 Å². The van der Waals surface area contributed by atoms with Crippen molar-refractivity contribution in [2.75, 3.05) is 12.4 Å². The number of hydrogen-bond acceptors (Lipinski definition) is 7. The van der Waals surface area contributed by atoms with Gasteiger partial charge in [0.15, 0.2) is 11.6 Å². The minimum atomic E-state index is -0.659. The number of anilines is 2. The molecule has 0 saturated carbocycles. The van der Waals surface area contributed by atoms with Crippen molar-refractivity contribution in [2.45, 2.75) is 0 Å². The first-order chi connectivity index (χ1) is 13.7. The molecule has 0 spiro atoms. The lowest BCUT2D eigenvalue weighted by atomic mass is 10.3. The van der Waals surface area contributed by atoms with E-state index in [9.17, 15) is 9.30 Å². The fourth-order valence-electron chi connectivity index (χ4n) is 2.65. The third-order valence-corrected chi connectivity index (χ3v) is 5.01. The molecular weight excluding hydrogens is 381 g/mol. The normalized spacial score (nSPS) is 10.6. The van der Waals surface area contributed by atoms with Gasteiger partial charge in [-0.2, -0.15) is 0 Å². The Hall–Kier alpha value is -3.52. The molecule has 0 fully saturated rings. The zero-order valence-electron chi connectivity index (χ0n) is 14.7. The number of thiophene rings is 1. The molecule has 0 saturated heterocycles. The van der Waals surface area contributed by atoms with Gasteiger partial charge in [0.25, 0.3) is 0 Å². The Morgan fingerprint density at radius 2 is 2.00 bits per heavy atom. The molecule has 0 atom stereocenters. The van der Waals surface area contributed by atoms with Crippen LogP contribution in [0.2, 0.25) is 0 Å². The van der Waals surface area contributed by atoms with Crippen LogP contribution in [0.25, 0.3) is 10.2 Å². The van der Waals surface area contributed by atoms with Crippen LogP contribution in [0.15, 0.2) is 66.0 Å². The number of halogens is 1. The van der Waals surface area contributed by atoms with E-state index in [2.05, 4.69) is 15.5 Å². The van der Waals surface area contributed by atoms with Gasteiger partial charge < -0.3 is 14.8 Å². The van der Waals surface area contributed by atoms with Gasteiger partial charge in [0.2, 0.25) is 0 Å². The molecule has 2 aromatic carbocycles. The fraction of sp³-hybridized carbons (Fsp3) is 0.0500. The van der Waals surface area contributed by atoms with Crippen molar-refractivity contribution in [2.24, 2.45) is 5.18 Å². The summed E-state index contributed by atoms with van der Waals surface area (Å²) in [4.78, 5) is 14.9. The quantitative estimate of drug-likeness (QED) is 0.384. The highest BCUT2D eigenvalue weighted by Crippen LogP contribution is 2.39. The molecule has 28 heavy (non-hydrogen) atoms. The summed E-state index contributed by atoms with van der Waals surface area (Å²) in [5, 5.41) is 6.88. The van der Waals surface area contributed by atoms with E-state index < -0.39 is 5.82 Å². The van der Waals surface area contributed by atoms with Gasteiger partial charge >= 0.3 is 0 Å². The van der Waals surface area contributed by atoms with Gasteiger partial charge in [0, 0.05) is 30.1 Å². The molecule has 0 aliphatic rings. The van der Waals surface area contributed by atoms with Crippen LogP contribution < -0.4 is 14.8 Å². The predicted molar refractivity (Wildman–Crippen MR) is 108 cm³/mol. The Morgan fingerprint density at radius 1 is 1.11 bits per heavy atom. The number of aromatic nitrogens is 1. The van der Waals surface area contributed by atoms with Crippen LogP contribution in [0.1, 0.15) is 0 Å². The van der Waals surface area contributed by atoms with Crippen molar-refractivity contribution in [3.05, 3.63) is 71.5 Å². The number of hydrogen-bond donors (Lipinski definition) is 1. The third kappa shape index (κ3) is 3.63. The molecule has 2 aromatic heterocycles. The maximum atomic E-state index is 14.1. The summed E-state index contributed by atoms with van der Waals surface area (Å²) in [5.41, 5.74) is 1.60. The highest BCUT2D eigenvalue weighted by atomic mass is 32.1. The van der Waals surface area contributed by atoms with Gasteiger partial charge in [-0.1, -0.05) is 6.07 Å². The second-order valence-corrected chi connectivity index (χ2v) is 6.85. The van der Waals surface area contributed by atoms with Crippen molar-refractivity contribution in [1.82, 2.24) is 4.98 Å². The second-order valence-electron chi connectivity index (χ2n) is 5.80. The van der Waals surface area contributed by atoms with Gasteiger partial charge in [0.05, 0.1) is 22.3 Å². The number of rotatable bonds is 6. The molecule has 0 unspecified atom stereocenters. The maximum absolute atomic E-state index is 14.1. The predicted octanol–water partition coefficient (Wildman–Crippen LogP) is 6.38. The van der Waals surface area contributed by atoms with Crippen molar-refractivity contribution in [3.63, 3.8) is 0 Å². The number of nitrogens with zero attached hydrogens (tertiary/aromatic N) is 2. The maximum Gasteiger partial charge on any atom is 0.167 e. The van der Waals surface area contributed by atoms with Gasteiger partial charge in [-0.05, 0) is 35.5 Å². The van der Waals surface area contributed by atoms with Crippen molar-refractivity contribution in [3.8, 4) is 17.2 Å². The largest absolute Gasteiger partial charge is 0.497 e. The van der Waals surface area contributed by atoms with Crippen LogP contribution in [-0.4, -0.2) is 12.1 Å². The summed E-state index contributed by atoms with van der Waals surface area (Å²) in [6.45, 7) is 0. The first-order valence-electron chi connectivity index (χ1n) is 8.26. The van der Waals surface area contributed by atoms with E-state index in [-0.39, 0.29) is 11.4 Å². The molecule has 8 heteroatoms. The van der Waals surface area contributed by atoms with E-state index in [4.69, 9.17) is 9.47 Å². The Bertz CT molecular complexity index is 1160. The minimum absolute atomic E-state index is 0.00521. The van der Waals surface area contributed by atoms with Crippen molar-refractivity contribution < 1.29 is 13.9 Å². The number of pyridine rings is 1. The number of methoxy groups -OCH3 is 1. The number of ether oxygens (including phenoxy) is 2. The summed E-state index contributed by atoms with van der Waals surface area (Å²) in [6, 6.07) is 14.9. The monoisotopic (exact) mass is 395 g/mol. The van der Waals surface area contributed by atoms with Crippen LogP contribution in [-0.2, 0) is 0 Å². The summed E-state index contributed by atoms with van der Waals surface area (Å²) >= 11 is 1.43. The van der Waals surface area contributed by atoms with Crippen LogP contribution >= 0.6 is 11.3 Å². The van der Waals surface area contributed by atoms with Crippen LogP contribution in [0, 0.1) is 10.7 Å². The van der Waals surface area contributed by atoms with Gasteiger partial charge in [-0.3, -0.25) is 4.98 Å². The van der Waals surface area contributed by atoms with Crippen molar-refractivity contribution in [1.29, 1.82) is 0 Å². The molecule has 0 bridgehead atoms. The third-order valence-electron chi connectivity index (χ3n) is 3.95.